The Morgan fingerprint density at radius 3 is 2.16 bits per heavy atom. The molecule has 0 aromatic heterocycles. The number of nitrogen functional groups attached to an aromatic ring is 1. The van der Waals surface area contributed by atoms with Crippen molar-refractivity contribution in [1.82, 2.24) is 9.21 Å². The lowest BCUT2D eigenvalue weighted by Crippen LogP contribution is -2.59. The molecule has 3 N–H and O–H groups in total. The summed E-state index contributed by atoms with van der Waals surface area (Å²) in [4.78, 5) is 15.7. The highest BCUT2D eigenvalue weighted by molar-refractivity contribution is 7.89. The van der Waals surface area contributed by atoms with Crippen LogP contribution in [-0.2, 0) is 20.4 Å². The van der Waals surface area contributed by atoms with Gasteiger partial charge >= 0.3 is 0 Å². The van der Waals surface area contributed by atoms with Gasteiger partial charge in [0.15, 0.2) is 0 Å². The van der Waals surface area contributed by atoms with Crippen molar-refractivity contribution in [3.05, 3.63) is 60.2 Å². The summed E-state index contributed by atoms with van der Waals surface area (Å²) in [5.74, 6) is -0.0106. The van der Waals surface area contributed by atoms with Gasteiger partial charge in [-0.05, 0) is 62.4 Å². The summed E-state index contributed by atoms with van der Waals surface area (Å²) in [5.41, 5.74) is 5.92. The van der Waals surface area contributed by atoms with Gasteiger partial charge in [-0.3, -0.25) is 4.79 Å². The molecule has 1 saturated carbocycles. The van der Waals surface area contributed by atoms with Crippen molar-refractivity contribution in [2.45, 2.75) is 76.3 Å². The van der Waals surface area contributed by atoms with E-state index in [4.69, 9.17) is 5.73 Å². The fourth-order valence-electron chi connectivity index (χ4n) is 5.42. The van der Waals surface area contributed by atoms with Crippen LogP contribution < -0.4 is 5.73 Å². The molecule has 7 nitrogen and oxygen atoms in total. The quantitative estimate of drug-likeness (QED) is 0.414. The third-order valence-electron chi connectivity index (χ3n) is 7.57. The lowest BCUT2D eigenvalue weighted by molar-refractivity contribution is -0.149. The van der Waals surface area contributed by atoms with Gasteiger partial charge in [0, 0.05) is 31.2 Å². The van der Waals surface area contributed by atoms with Crippen LogP contribution in [0, 0.1) is 11.8 Å². The number of anilines is 1. The standard InChI is InChI=1S/C29H43N3O4S/c1-5-32(28(34)23-12-8-6-9-13-23)29(4,24-14-10-7-11-15-24)27(33)21-31(20-22(2)3)37(35,36)26-18-16-25(30)17-19-26/h7,10-11,14-19,22-23,27,33H,5-6,8-9,12-13,20-21,30H2,1-4H3/t27-,29+/m1/s1. The summed E-state index contributed by atoms with van der Waals surface area (Å²) in [6, 6.07) is 15.6. The number of benzene rings is 2. The highest BCUT2D eigenvalue weighted by Crippen LogP contribution is 2.37. The Morgan fingerprint density at radius 1 is 1.03 bits per heavy atom. The van der Waals surface area contributed by atoms with E-state index in [-0.39, 0.29) is 35.7 Å². The summed E-state index contributed by atoms with van der Waals surface area (Å²) in [6.45, 7) is 8.17. The summed E-state index contributed by atoms with van der Waals surface area (Å²) < 4.78 is 28.7. The molecule has 2 aromatic rings. The molecule has 0 unspecified atom stereocenters. The first-order chi connectivity index (χ1) is 17.5. The molecule has 0 aliphatic heterocycles. The zero-order chi connectivity index (χ0) is 27.2. The van der Waals surface area contributed by atoms with E-state index in [0.29, 0.717) is 12.2 Å². The average molecular weight is 530 g/mol. The van der Waals surface area contributed by atoms with Gasteiger partial charge in [-0.25, -0.2) is 8.42 Å². The minimum Gasteiger partial charge on any atom is -0.399 e. The number of likely N-dealkylation sites (N-methyl/N-ethyl adjacent to an activating group) is 1. The molecule has 0 saturated heterocycles. The van der Waals surface area contributed by atoms with Gasteiger partial charge in [0.25, 0.3) is 0 Å². The smallest absolute Gasteiger partial charge is 0.243 e. The summed E-state index contributed by atoms with van der Waals surface area (Å²) in [6.07, 6.45) is 3.73. The van der Waals surface area contributed by atoms with Crippen LogP contribution in [0.3, 0.4) is 0 Å². The van der Waals surface area contributed by atoms with E-state index >= 15 is 0 Å². The van der Waals surface area contributed by atoms with E-state index < -0.39 is 21.7 Å². The number of nitrogens with zero attached hydrogens (tertiary/aromatic N) is 2. The van der Waals surface area contributed by atoms with Crippen molar-refractivity contribution >= 4 is 21.6 Å². The number of carbonyl (C=O) groups excluding carboxylic acids is 1. The second kappa shape index (κ2) is 12.4. The van der Waals surface area contributed by atoms with E-state index in [0.717, 1.165) is 37.7 Å². The van der Waals surface area contributed by atoms with Crippen LogP contribution >= 0.6 is 0 Å². The predicted molar refractivity (Wildman–Crippen MR) is 148 cm³/mol. The average Bonchev–Trinajstić information content (AvgIpc) is 2.89. The Kier molecular flexibility index (Phi) is 9.78. The normalized spacial score (nSPS) is 17.5. The van der Waals surface area contributed by atoms with Gasteiger partial charge in [-0.2, -0.15) is 4.31 Å². The Balaban J connectivity index is 2.02. The van der Waals surface area contributed by atoms with Crippen LogP contribution in [0.1, 0.15) is 65.4 Å². The number of hydrogen-bond donors (Lipinski definition) is 2. The number of hydrogen-bond acceptors (Lipinski definition) is 5. The summed E-state index contributed by atoms with van der Waals surface area (Å²) in [5, 5.41) is 11.9. The molecule has 8 heteroatoms. The number of aliphatic hydroxyl groups is 1. The molecule has 1 aliphatic carbocycles. The van der Waals surface area contributed by atoms with Crippen LogP contribution in [0.25, 0.3) is 0 Å². The van der Waals surface area contributed by atoms with Crippen molar-refractivity contribution < 1.29 is 18.3 Å². The van der Waals surface area contributed by atoms with Crippen LogP contribution in [0.2, 0.25) is 0 Å². The first kappa shape index (κ1) is 29.1. The number of aliphatic hydroxyl groups excluding tert-OH is 1. The second-order valence-electron chi connectivity index (χ2n) is 10.7. The van der Waals surface area contributed by atoms with Gasteiger partial charge in [0.1, 0.15) is 0 Å². The molecule has 37 heavy (non-hydrogen) atoms. The van der Waals surface area contributed by atoms with Crippen LogP contribution in [0.4, 0.5) is 5.69 Å². The van der Waals surface area contributed by atoms with Crippen molar-refractivity contribution in [2.75, 3.05) is 25.4 Å². The lowest BCUT2D eigenvalue weighted by atomic mass is 9.81. The molecule has 1 amide bonds. The third-order valence-corrected chi connectivity index (χ3v) is 9.41. The van der Waals surface area contributed by atoms with Gasteiger partial charge in [0.05, 0.1) is 16.5 Å². The molecule has 2 aromatic carbocycles. The first-order valence-electron chi connectivity index (χ1n) is 13.4. The maximum absolute atomic E-state index is 13.8. The Labute approximate surface area is 222 Å². The Hall–Kier alpha value is -2.42. The molecule has 204 valence electrons. The maximum atomic E-state index is 13.8. The number of nitrogens with two attached hydrogens (primary N) is 1. The molecule has 1 fully saturated rings. The molecule has 3 rings (SSSR count). The number of rotatable bonds is 11. The van der Waals surface area contributed by atoms with E-state index in [2.05, 4.69) is 0 Å². The number of amides is 1. The topological polar surface area (TPSA) is 104 Å². The second-order valence-corrected chi connectivity index (χ2v) is 12.7. The fourth-order valence-corrected chi connectivity index (χ4v) is 7.03. The van der Waals surface area contributed by atoms with E-state index in [9.17, 15) is 18.3 Å². The van der Waals surface area contributed by atoms with Crippen LogP contribution in [0.15, 0.2) is 59.5 Å². The molecule has 0 heterocycles. The molecule has 1 aliphatic rings. The van der Waals surface area contributed by atoms with E-state index in [1.807, 2.05) is 58.0 Å². The van der Waals surface area contributed by atoms with Crippen molar-refractivity contribution in [3.8, 4) is 0 Å². The molecule has 2 atom stereocenters. The highest BCUT2D eigenvalue weighted by atomic mass is 32.2. The van der Waals surface area contributed by atoms with Crippen LogP contribution in [-0.4, -0.2) is 54.4 Å². The number of carbonyl (C=O) groups is 1. The SMILES string of the molecule is CCN(C(=O)C1CCCCC1)[C@@](C)(c1ccccc1)[C@H](O)CN(CC(C)C)S(=O)(=O)c1ccc(N)cc1. The highest BCUT2D eigenvalue weighted by Gasteiger charge is 2.45. The van der Waals surface area contributed by atoms with Gasteiger partial charge in [0.2, 0.25) is 15.9 Å². The third kappa shape index (κ3) is 6.54. The van der Waals surface area contributed by atoms with Gasteiger partial charge in [-0.15, -0.1) is 0 Å². The zero-order valence-electron chi connectivity index (χ0n) is 22.6. The molecule has 0 radical (unpaired) electrons. The molecular formula is C29H43N3O4S. The largest absolute Gasteiger partial charge is 0.399 e. The Bertz CT molecular complexity index is 1120. The van der Waals surface area contributed by atoms with E-state index in [1.165, 1.54) is 16.4 Å². The Morgan fingerprint density at radius 2 is 1.62 bits per heavy atom. The number of sulfonamides is 1. The minimum atomic E-state index is -3.91. The minimum absolute atomic E-state index is 0.0319. The van der Waals surface area contributed by atoms with Crippen molar-refractivity contribution in [1.29, 1.82) is 0 Å². The van der Waals surface area contributed by atoms with E-state index in [1.54, 1.807) is 17.0 Å². The predicted octanol–water partition coefficient (Wildman–Crippen LogP) is 4.62. The molecule has 0 bridgehead atoms. The molecule has 0 spiro atoms. The fraction of sp³-hybridized carbons (Fsp3) is 0.552. The monoisotopic (exact) mass is 529 g/mol. The summed E-state index contributed by atoms with van der Waals surface area (Å²) >= 11 is 0. The molecular weight excluding hydrogens is 486 g/mol. The zero-order valence-corrected chi connectivity index (χ0v) is 23.5. The van der Waals surface area contributed by atoms with Crippen molar-refractivity contribution in [2.24, 2.45) is 11.8 Å². The van der Waals surface area contributed by atoms with Gasteiger partial charge < -0.3 is 15.7 Å². The van der Waals surface area contributed by atoms with Gasteiger partial charge in [-0.1, -0.05) is 63.4 Å². The van der Waals surface area contributed by atoms with Crippen molar-refractivity contribution in [3.63, 3.8) is 0 Å². The summed E-state index contributed by atoms with van der Waals surface area (Å²) in [7, 11) is -3.91. The maximum Gasteiger partial charge on any atom is 0.243 e. The van der Waals surface area contributed by atoms with Crippen LogP contribution in [0.5, 0.6) is 0 Å². The first-order valence-corrected chi connectivity index (χ1v) is 14.9. The lowest BCUT2D eigenvalue weighted by Gasteiger charge is -2.47.